The fourth-order valence-electron chi connectivity index (χ4n) is 0.990. The van der Waals surface area contributed by atoms with E-state index in [0.717, 1.165) is 12.8 Å². The first-order valence-electron chi connectivity index (χ1n) is 4.54. The minimum atomic E-state index is -0.0712. The summed E-state index contributed by atoms with van der Waals surface area (Å²) < 4.78 is 4.92. The molecule has 0 fully saturated rings. The van der Waals surface area contributed by atoms with Crippen LogP contribution in [0, 0.1) is 5.92 Å². The van der Waals surface area contributed by atoms with Crippen LogP contribution in [0.1, 0.15) is 33.6 Å². The molecule has 0 aromatic carbocycles. The van der Waals surface area contributed by atoms with Gasteiger partial charge in [0.05, 0.1) is 12.5 Å². The molecule has 0 bridgehead atoms. The Kier molecular flexibility index (Phi) is 6.44. The van der Waals surface area contributed by atoms with Gasteiger partial charge in [0.1, 0.15) is 0 Å². The zero-order valence-electron chi connectivity index (χ0n) is 8.17. The van der Waals surface area contributed by atoms with Gasteiger partial charge in [-0.15, -0.1) is 0 Å². The molecule has 0 aromatic rings. The third-order valence-electron chi connectivity index (χ3n) is 1.77. The lowest BCUT2D eigenvalue weighted by Crippen LogP contribution is -2.16. The number of ether oxygens (including phenoxy) is 1. The summed E-state index contributed by atoms with van der Waals surface area (Å²) in [6.45, 7) is 6.27. The summed E-state index contributed by atoms with van der Waals surface area (Å²) >= 11 is 0. The maximum atomic E-state index is 11.2. The number of rotatable bonds is 5. The molecule has 0 saturated heterocycles. The van der Waals surface area contributed by atoms with Gasteiger partial charge in [0.2, 0.25) is 0 Å². The standard InChI is InChI=1S/C10H18O2/c1-4-7-8-9(5-2)10(11)12-6-3/h4,7,9H,5-6,8H2,1-3H3. The first-order chi connectivity index (χ1) is 5.76. The molecule has 0 amide bonds. The molecule has 2 heteroatoms. The summed E-state index contributed by atoms with van der Waals surface area (Å²) in [7, 11) is 0. The van der Waals surface area contributed by atoms with Crippen LogP contribution in [0.15, 0.2) is 12.2 Å². The third kappa shape index (κ3) is 4.16. The first kappa shape index (κ1) is 11.2. The minimum Gasteiger partial charge on any atom is -0.466 e. The monoisotopic (exact) mass is 170 g/mol. The molecule has 70 valence electrons. The molecule has 0 aliphatic rings. The Morgan fingerprint density at radius 1 is 1.50 bits per heavy atom. The highest BCUT2D eigenvalue weighted by Gasteiger charge is 2.15. The van der Waals surface area contributed by atoms with Gasteiger partial charge in [0.15, 0.2) is 0 Å². The molecule has 0 aromatic heterocycles. The Morgan fingerprint density at radius 2 is 2.17 bits per heavy atom. The fourth-order valence-corrected chi connectivity index (χ4v) is 0.990. The highest BCUT2D eigenvalue weighted by atomic mass is 16.5. The Labute approximate surface area is 74.6 Å². The number of hydrogen-bond acceptors (Lipinski definition) is 2. The number of esters is 1. The number of carbonyl (C=O) groups excluding carboxylic acids is 1. The topological polar surface area (TPSA) is 26.3 Å². The van der Waals surface area contributed by atoms with Gasteiger partial charge in [-0.25, -0.2) is 0 Å². The van der Waals surface area contributed by atoms with E-state index in [2.05, 4.69) is 0 Å². The predicted octanol–water partition coefficient (Wildman–Crippen LogP) is 2.54. The van der Waals surface area contributed by atoms with Crippen molar-refractivity contribution in [3.63, 3.8) is 0 Å². The second kappa shape index (κ2) is 6.89. The van der Waals surface area contributed by atoms with E-state index in [0.29, 0.717) is 6.61 Å². The van der Waals surface area contributed by atoms with Crippen LogP contribution in [0.2, 0.25) is 0 Å². The summed E-state index contributed by atoms with van der Waals surface area (Å²) in [6.07, 6.45) is 5.61. The summed E-state index contributed by atoms with van der Waals surface area (Å²) in [5, 5.41) is 0. The van der Waals surface area contributed by atoms with Gasteiger partial charge in [-0.3, -0.25) is 4.79 Å². The van der Waals surface area contributed by atoms with Gasteiger partial charge in [-0.2, -0.15) is 0 Å². The van der Waals surface area contributed by atoms with Crippen molar-refractivity contribution in [1.29, 1.82) is 0 Å². The molecular weight excluding hydrogens is 152 g/mol. The van der Waals surface area contributed by atoms with Crippen molar-refractivity contribution in [2.24, 2.45) is 5.92 Å². The Hall–Kier alpha value is -0.790. The van der Waals surface area contributed by atoms with Crippen LogP contribution >= 0.6 is 0 Å². The van der Waals surface area contributed by atoms with Crippen molar-refractivity contribution in [3.8, 4) is 0 Å². The average molecular weight is 170 g/mol. The van der Waals surface area contributed by atoms with Gasteiger partial charge in [0.25, 0.3) is 0 Å². The van der Waals surface area contributed by atoms with Gasteiger partial charge in [-0.05, 0) is 26.7 Å². The Morgan fingerprint density at radius 3 is 2.58 bits per heavy atom. The van der Waals surface area contributed by atoms with E-state index in [1.165, 1.54) is 0 Å². The van der Waals surface area contributed by atoms with Crippen molar-refractivity contribution in [2.75, 3.05) is 6.61 Å². The van der Waals surface area contributed by atoms with Gasteiger partial charge in [0, 0.05) is 0 Å². The lowest BCUT2D eigenvalue weighted by Gasteiger charge is -2.10. The van der Waals surface area contributed by atoms with Crippen molar-refractivity contribution >= 4 is 5.97 Å². The SMILES string of the molecule is CC=CCC(CC)C(=O)OCC. The minimum absolute atomic E-state index is 0.0427. The number of hydrogen-bond donors (Lipinski definition) is 0. The molecule has 0 N–H and O–H groups in total. The second-order valence-corrected chi connectivity index (χ2v) is 2.66. The van der Waals surface area contributed by atoms with E-state index in [1.807, 2.05) is 32.9 Å². The van der Waals surface area contributed by atoms with E-state index in [1.54, 1.807) is 0 Å². The summed E-state index contributed by atoms with van der Waals surface area (Å²) in [5.74, 6) is -0.0285. The van der Waals surface area contributed by atoms with E-state index >= 15 is 0 Å². The average Bonchev–Trinajstić information content (AvgIpc) is 2.06. The maximum absolute atomic E-state index is 11.2. The lowest BCUT2D eigenvalue weighted by atomic mass is 10.0. The molecule has 2 nitrogen and oxygen atoms in total. The van der Waals surface area contributed by atoms with Crippen molar-refractivity contribution < 1.29 is 9.53 Å². The summed E-state index contributed by atoms with van der Waals surface area (Å²) in [6, 6.07) is 0. The molecule has 0 heterocycles. The normalized spacial score (nSPS) is 13.2. The summed E-state index contributed by atoms with van der Waals surface area (Å²) in [4.78, 5) is 11.2. The van der Waals surface area contributed by atoms with Crippen LogP contribution in [0.4, 0.5) is 0 Å². The summed E-state index contributed by atoms with van der Waals surface area (Å²) in [5.41, 5.74) is 0. The van der Waals surface area contributed by atoms with Crippen LogP contribution in [-0.4, -0.2) is 12.6 Å². The fraction of sp³-hybridized carbons (Fsp3) is 0.700. The zero-order chi connectivity index (χ0) is 9.40. The molecule has 0 aliphatic heterocycles. The van der Waals surface area contributed by atoms with Gasteiger partial charge >= 0.3 is 5.97 Å². The molecule has 0 rings (SSSR count). The van der Waals surface area contributed by atoms with Crippen molar-refractivity contribution in [1.82, 2.24) is 0 Å². The van der Waals surface area contributed by atoms with Gasteiger partial charge < -0.3 is 4.74 Å². The highest BCUT2D eigenvalue weighted by Crippen LogP contribution is 2.10. The highest BCUT2D eigenvalue weighted by molar-refractivity contribution is 5.72. The van der Waals surface area contributed by atoms with Crippen molar-refractivity contribution in [3.05, 3.63) is 12.2 Å². The number of allylic oxidation sites excluding steroid dienone is 2. The Bertz CT molecular complexity index is 150. The third-order valence-corrected chi connectivity index (χ3v) is 1.77. The molecule has 12 heavy (non-hydrogen) atoms. The van der Waals surface area contributed by atoms with Crippen LogP contribution in [0.5, 0.6) is 0 Å². The second-order valence-electron chi connectivity index (χ2n) is 2.66. The molecule has 0 aliphatic carbocycles. The molecule has 1 atom stereocenters. The van der Waals surface area contributed by atoms with Gasteiger partial charge in [-0.1, -0.05) is 19.1 Å². The van der Waals surface area contributed by atoms with E-state index < -0.39 is 0 Å². The smallest absolute Gasteiger partial charge is 0.309 e. The Balaban J connectivity index is 3.87. The predicted molar refractivity (Wildman–Crippen MR) is 49.8 cm³/mol. The van der Waals surface area contributed by atoms with Crippen molar-refractivity contribution in [2.45, 2.75) is 33.6 Å². The zero-order valence-corrected chi connectivity index (χ0v) is 8.17. The first-order valence-corrected chi connectivity index (χ1v) is 4.54. The van der Waals surface area contributed by atoms with E-state index in [-0.39, 0.29) is 11.9 Å². The molecular formula is C10H18O2. The number of carbonyl (C=O) groups is 1. The quantitative estimate of drug-likeness (QED) is 0.468. The molecule has 1 unspecified atom stereocenters. The van der Waals surface area contributed by atoms with E-state index in [4.69, 9.17) is 4.74 Å². The van der Waals surface area contributed by atoms with Crippen LogP contribution in [0.3, 0.4) is 0 Å². The molecule has 0 radical (unpaired) electrons. The molecule has 0 saturated carbocycles. The van der Waals surface area contributed by atoms with Crippen LogP contribution < -0.4 is 0 Å². The largest absolute Gasteiger partial charge is 0.466 e. The van der Waals surface area contributed by atoms with Crippen LogP contribution in [0.25, 0.3) is 0 Å². The lowest BCUT2D eigenvalue weighted by molar-refractivity contribution is -0.148. The van der Waals surface area contributed by atoms with E-state index in [9.17, 15) is 4.79 Å². The molecule has 0 spiro atoms. The maximum Gasteiger partial charge on any atom is 0.309 e. The van der Waals surface area contributed by atoms with Crippen LogP contribution in [-0.2, 0) is 9.53 Å².